The van der Waals surface area contributed by atoms with Crippen molar-refractivity contribution in [3.8, 4) is 5.75 Å². The van der Waals surface area contributed by atoms with Crippen LogP contribution in [0.2, 0.25) is 0 Å². The van der Waals surface area contributed by atoms with E-state index in [0.29, 0.717) is 36.6 Å². The van der Waals surface area contributed by atoms with Gasteiger partial charge in [0.2, 0.25) is 0 Å². The first-order chi connectivity index (χ1) is 14.8. The zero-order valence-electron chi connectivity index (χ0n) is 19.0. The number of hydrogen-bond donors (Lipinski definition) is 0. The average molecular weight is 447 g/mol. The lowest BCUT2D eigenvalue weighted by Crippen LogP contribution is -2.35. The van der Waals surface area contributed by atoms with E-state index >= 15 is 0 Å². The molecule has 1 fully saturated rings. The Morgan fingerprint density at radius 1 is 1.06 bits per heavy atom. The maximum Gasteiger partial charge on any atom is 0.265 e. The Morgan fingerprint density at radius 3 is 2.29 bits per heavy atom. The molecule has 0 N–H and O–H groups in total. The second-order valence-corrected chi connectivity index (χ2v) is 10.7. The Balaban J connectivity index is 1.77. The maximum absolute atomic E-state index is 13.4. The standard InChI is InChI=1S/C24H34N2O4S/c1-18(2)16-26(24-10-5-21(15-25-24)19(3)4)31(27,28)23-8-6-22(7-9-23)30-17-20-11-13-29-14-12-20/h5-10,15,18-20H,11-14,16-17H2,1-4H3. The number of nitrogens with zero attached hydrogens (tertiary/aromatic N) is 2. The summed E-state index contributed by atoms with van der Waals surface area (Å²) in [5.41, 5.74) is 1.08. The SMILES string of the molecule is CC(C)CN(c1ccc(C(C)C)cn1)S(=O)(=O)c1ccc(OCC2CCOCC2)cc1. The van der Waals surface area contributed by atoms with Gasteiger partial charge < -0.3 is 9.47 Å². The van der Waals surface area contributed by atoms with Crippen molar-refractivity contribution >= 4 is 15.8 Å². The van der Waals surface area contributed by atoms with Gasteiger partial charge >= 0.3 is 0 Å². The Hall–Kier alpha value is -2.12. The fraction of sp³-hybridized carbons (Fsp3) is 0.542. The van der Waals surface area contributed by atoms with Crippen LogP contribution in [0.25, 0.3) is 0 Å². The third-order valence-electron chi connectivity index (χ3n) is 5.46. The van der Waals surface area contributed by atoms with E-state index in [1.165, 1.54) is 4.31 Å². The molecule has 6 nitrogen and oxygen atoms in total. The van der Waals surface area contributed by atoms with E-state index in [2.05, 4.69) is 18.8 Å². The monoisotopic (exact) mass is 446 g/mol. The zero-order chi connectivity index (χ0) is 22.4. The summed E-state index contributed by atoms with van der Waals surface area (Å²) in [6, 6.07) is 10.4. The van der Waals surface area contributed by atoms with Crippen molar-refractivity contribution in [2.45, 2.75) is 51.3 Å². The minimum absolute atomic E-state index is 0.156. The highest BCUT2D eigenvalue weighted by Crippen LogP contribution is 2.26. The molecule has 0 bridgehead atoms. The molecule has 1 aromatic carbocycles. The van der Waals surface area contributed by atoms with Crippen molar-refractivity contribution in [2.75, 3.05) is 30.7 Å². The van der Waals surface area contributed by atoms with Gasteiger partial charge in [0.25, 0.3) is 10.0 Å². The summed E-state index contributed by atoms with van der Waals surface area (Å²) in [4.78, 5) is 4.69. The molecule has 0 spiro atoms. The average Bonchev–Trinajstić information content (AvgIpc) is 2.77. The van der Waals surface area contributed by atoms with Crippen LogP contribution in [0.3, 0.4) is 0 Å². The van der Waals surface area contributed by atoms with Gasteiger partial charge in [-0.25, -0.2) is 17.7 Å². The Labute approximate surface area is 186 Å². The van der Waals surface area contributed by atoms with E-state index in [0.717, 1.165) is 31.6 Å². The first kappa shape index (κ1) is 23.5. The second-order valence-electron chi connectivity index (χ2n) is 8.87. The highest BCUT2D eigenvalue weighted by molar-refractivity contribution is 7.92. The third-order valence-corrected chi connectivity index (χ3v) is 7.25. The fourth-order valence-corrected chi connectivity index (χ4v) is 5.08. The van der Waals surface area contributed by atoms with E-state index in [4.69, 9.17) is 9.47 Å². The molecule has 0 radical (unpaired) electrons. The molecule has 1 saturated heterocycles. The first-order valence-electron chi connectivity index (χ1n) is 11.1. The van der Waals surface area contributed by atoms with Crippen molar-refractivity contribution in [1.82, 2.24) is 4.98 Å². The molecular formula is C24H34N2O4S. The van der Waals surface area contributed by atoms with Crippen molar-refractivity contribution in [3.05, 3.63) is 48.2 Å². The molecule has 1 aliphatic rings. The second kappa shape index (κ2) is 10.5. The Bertz CT molecular complexity index is 919. The van der Waals surface area contributed by atoms with Crippen LogP contribution in [-0.4, -0.2) is 39.8 Å². The molecule has 0 aliphatic carbocycles. The number of anilines is 1. The lowest BCUT2D eigenvalue weighted by atomic mass is 10.0. The molecule has 1 aromatic heterocycles. The van der Waals surface area contributed by atoms with Crippen LogP contribution in [-0.2, 0) is 14.8 Å². The smallest absolute Gasteiger partial charge is 0.265 e. The molecule has 0 atom stereocenters. The van der Waals surface area contributed by atoms with Crippen LogP contribution < -0.4 is 9.04 Å². The van der Waals surface area contributed by atoms with E-state index < -0.39 is 10.0 Å². The van der Waals surface area contributed by atoms with E-state index in [1.807, 2.05) is 19.9 Å². The molecule has 2 heterocycles. The Morgan fingerprint density at radius 2 is 1.74 bits per heavy atom. The van der Waals surface area contributed by atoms with E-state index in [1.54, 1.807) is 36.5 Å². The summed E-state index contributed by atoms with van der Waals surface area (Å²) < 4.78 is 39.5. The number of ether oxygens (including phenoxy) is 2. The number of aromatic nitrogens is 1. The fourth-order valence-electron chi connectivity index (χ4n) is 3.50. The molecule has 0 amide bonds. The number of pyridine rings is 1. The number of hydrogen-bond acceptors (Lipinski definition) is 5. The van der Waals surface area contributed by atoms with Gasteiger partial charge in [0.05, 0.1) is 11.5 Å². The summed E-state index contributed by atoms with van der Waals surface area (Å²) in [5, 5.41) is 0. The Kier molecular flexibility index (Phi) is 7.94. The van der Waals surface area contributed by atoms with Crippen LogP contribution in [0.15, 0.2) is 47.5 Å². The van der Waals surface area contributed by atoms with Gasteiger partial charge in [-0.05, 0) is 66.5 Å². The summed E-state index contributed by atoms with van der Waals surface area (Å²) in [6.07, 6.45) is 3.76. The van der Waals surface area contributed by atoms with Gasteiger partial charge in [0.15, 0.2) is 0 Å². The van der Waals surface area contributed by atoms with E-state index in [9.17, 15) is 8.42 Å². The minimum Gasteiger partial charge on any atom is -0.493 e. The lowest BCUT2D eigenvalue weighted by Gasteiger charge is -2.25. The number of sulfonamides is 1. The highest BCUT2D eigenvalue weighted by Gasteiger charge is 2.27. The van der Waals surface area contributed by atoms with Crippen LogP contribution in [0, 0.1) is 11.8 Å². The summed E-state index contributed by atoms with van der Waals surface area (Å²) in [7, 11) is -3.74. The largest absolute Gasteiger partial charge is 0.493 e. The van der Waals surface area contributed by atoms with E-state index in [-0.39, 0.29) is 10.8 Å². The summed E-state index contributed by atoms with van der Waals surface area (Å²) >= 11 is 0. The summed E-state index contributed by atoms with van der Waals surface area (Å²) in [5.74, 6) is 2.10. The quantitative estimate of drug-likeness (QED) is 0.550. The van der Waals surface area contributed by atoms with Gasteiger partial charge in [-0.15, -0.1) is 0 Å². The molecule has 31 heavy (non-hydrogen) atoms. The van der Waals surface area contributed by atoms with Crippen molar-refractivity contribution in [2.24, 2.45) is 11.8 Å². The lowest BCUT2D eigenvalue weighted by molar-refractivity contribution is 0.0497. The van der Waals surface area contributed by atoms with Gasteiger partial charge in [-0.3, -0.25) is 0 Å². The summed E-state index contributed by atoms with van der Waals surface area (Å²) in [6.45, 7) is 10.7. The van der Waals surface area contributed by atoms with Gasteiger partial charge in [0.1, 0.15) is 11.6 Å². The maximum atomic E-state index is 13.4. The number of benzene rings is 1. The minimum atomic E-state index is -3.74. The van der Waals surface area contributed by atoms with Gasteiger partial charge in [-0.2, -0.15) is 0 Å². The molecule has 0 saturated carbocycles. The predicted octanol–water partition coefficient (Wildman–Crippen LogP) is 4.86. The topological polar surface area (TPSA) is 68.7 Å². The van der Waals surface area contributed by atoms with Crippen LogP contribution in [0.4, 0.5) is 5.82 Å². The van der Waals surface area contributed by atoms with Crippen molar-refractivity contribution in [1.29, 1.82) is 0 Å². The molecule has 7 heteroatoms. The van der Waals surface area contributed by atoms with Gasteiger partial charge in [0, 0.05) is 26.0 Å². The predicted molar refractivity (Wildman–Crippen MR) is 123 cm³/mol. The molecule has 3 rings (SSSR count). The molecule has 2 aromatic rings. The normalized spacial score (nSPS) is 15.4. The first-order valence-corrected chi connectivity index (χ1v) is 12.5. The third kappa shape index (κ3) is 6.20. The highest BCUT2D eigenvalue weighted by atomic mass is 32.2. The van der Waals surface area contributed by atoms with Gasteiger partial charge in [-0.1, -0.05) is 33.8 Å². The van der Waals surface area contributed by atoms with Crippen LogP contribution in [0.1, 0.15) is 52.0 Å². The molecular weight excluding hydrogens is 412 g/mol. The van der Waals surface area contributed by atoms with Crippen LogP contribution >= 0.6 is 0 Å². The molecule has 0 unspecified atom stereocenters. The van der Waals surface area contributed by atoms with Crippen molar-refractivity contribution in [3.63, 3.8) is 0 Å². The molecule has 1 aliphatic heterocycles. The van der Waals surface area contributed by atoms with Crippen molar-refractivity contribution < 1.29 is 17.9 Å². The van der Waals surface area contributed by atoms with Crippen LogP contribution in [0.5, 0.6) is 5.75 Å². The molecule has 170 valence electrons. The zero-order valence-corrected chi connectivity index (χ0v) is 19.8. The number of rotatable bonds is 9.